The van der Waals surface area contributed by atoms with Gasteiger partial charge in [-0.05, 0) is 29.1 Å². The highest BCUT2D eigenvalue weighted by Gasteiger charge is 2.12. The van der Waals surface area contributed by atoms with Crippen molar-refractivity contribution in [1.29, 1.82) is 0 Å². The zero-order valence-electron chi connectivity index (χ0n) is 9.77. The van der Waals surface area contributed by atoms with Crippen LogP contribution in [0.5, 0.6) is 5.75 Å². The van der Waals surface area contributed by atoms with Crippen LogP contribution in [0.1, 0.15) is 15.2 Å². The van der Waals surface area contributed by atoms with E-state index in [9.17, 15) is 9.18 Å². The molecule has 2 aromatic rings. The number of amides is 1. The number of hydrogen-bond acceptors (Lipinski definition) is 3. The molecule has 5 heteroatoms. The Hall–Kier alpha value is -1.88. The van der Waals surface area contributed by atoms with E-state index in [1.807, 2.05) is 0 Å². The third-order valence-electron chi connectivity index (χ3n) is 2.37. The van der Waals surface area contributed by atoms with Crippen molar-refractivity contribution in [3.8, 4) is 5.75 Å². The molecule has 0 radical (unpaired) electrons. The molecule has 0 atom stereocenters. The van der Waals surface area contributed by atoms with Crippen LogP contribution in [-0.4, -0.2) is 13.0 Å². The summed E-state index contributed by atoms with van der Waals surface area (Å²) in [5.41, 5.74) is 0.852. The minimum atomic E-state index is -0.277. The lowest BCUT2D eigenvalue weighted by Crippen LogP contribution is -2.17. The van der Waals surface area contributed by atoms with E-state index in [1.165, 1.54) is 23.5 Å². The molecule has 0 saturated heterocycles. The third kappa shape index (κ3) is 2.87. The molecule has 1 N–H and O–H groups in total. The lowest BCUT2D eigenvalue weighted by Gasteiger charge is -2.06. The molecule has 0 saturated carbocycles. The number of benzene rings is 1. The zero-order valence-corrected chi connectivity index (χ0v) is 10.6. The van der Waals surface area contributed by atoms with Gasteiger partial charge in [-0.25, -0.2) is 4.39 Å². The molecule has 0 unspecified atom stereocenters. The summed E-state index contributed by atoms with van der Waals surface area (Å²) in [5.74, 6) is 0.100. The van der Waals surface area contributed by atoms with Gasteiger partial charge in [-0.3, -0.25) is 4.79 Å². The molecular formula is C13H12FNO2S. The summed E-state index contributed by atoms with van der Waals surface area (Å²) in [4.78, 5) is 12.1. The highest BCUT2D eigenvalue weighted by Crippen LogP contribution is 2.25. The number of halogens is 1. The van der Waals surface area contributed by atoms with Gasteiger partial charge in [0, 0.05) is 7.05 Å². The maximum Gasteiger partial charge on any atom is 0.264 e. The molecule has 3 nitrogen and oxygen atoms in total. The van der Waals surface area contributed by atoms with Gasteiger partial charge in [-0.2, -0.15) is 0 Å². The number of thiophene rings is 1. The first-order chi connectivity index (χ1) is 8.70. The maximum atomic E-state index is 12.7. The van der Waals surface area contributed by atoms with Gasteiger partial charge in [0.05, 0.1) is 0 Å². The SMILES string of the molecule is CNC(=O)c1sccc1OCc1ccc(F)cc1. The van der Waals surface area contributed by atoms with E-state index in [0.29, 0.717) is 17.2 Å². The molecule has 0 spiro atoms. The Morgan fingerprint density at radius 1 is 1.33 bits per heavy atom. The van der Waals surface area contributed by atoms with Crippen LogP contribution >= 0.6 is 11.3 Å². The van der Waals surface area contributed by atoms with Crippen molar-refractivity contribution in [3.05, 3.63) is 52.0 Å². The number of hydrogen-bond donors (Lipinski definition) is 1. The van der Waals surface area contributed by atoms with Gasteiger partial charge in [0.15, 0.2) is 0 Å². The van der Waals surface area contributed by atoms with Gasteiger partial charge in [-0.1, -0.05) is 12.1 Å². The molecular weight excluding hydrogens is 253 g/mol. The monoisotopic (exact) mass is 265 g/mol. The molecule has 0 fully saturated rings. The van der Waals surface area contributed by atoms with Gasteiger partial charge in [-0.15, -0.1) is 11.3 Å². The molecule has 1 aromatic heterocycles. The first-order valence-electron chi connectivity index (χ1n) is 5.37. The van der Waals surface area contributed by atoms with E-state index in [4.69, 9.17) is 4.74 Å². The average molecular weight is 265 g/mol. The fourth-order valence-electron chi connectivity index (χ4n) is 1.43. The summed E-state index contributed by atoms with van der Waals surface area (Å²) in [5, 5.41) is 4.35. The van der Waals surface area contributed by atoms with Crippen molar-refractivity contribution in [2.24, 2.45) is 0 Å². The molecule has 18 heavy (non-hydrogen) atoms. The molecule has 1 amide bonds. The summed E-state index contributed by atoms with van der Waals surface area (Å²) in [7, 11) is 1.58. The fraction of sp³-hybridized carbons (Fsp3) is 0.154. The Bertz CT molecular complexity index is 536. The summed E-state index contributed by atoms with van der Waals surface area (Å²) in [6.07, 6.45) is 0. The Kier molecular flexibility index (Phi) is 3.94. The Morgan fingerprint density at radius 3 is 2.72 bits per heavy atom. The Balaban J connectivity index is 2.04. The van der Waals surface area contributed by atoms with Crippen LogP contribution in [0.4, 0.5) is 4.39 Å². The Labute approximate surface area is 108 Å². The summed E-state index contributed by atoms with van der Waals surface area (Å²) < 4.78 is 18.3. The first-order valence-corrected chi connectivity index (χ1v) is 6.25. The predicted molar refractivity (Wildman–Crippen MR) is 68.4 cm³/mol. The van der Waals surface area contributed by atoms with E-state index in [-0.39, 0.29) is 11.7 Å². The fourth-order valence-corrected chi connectivity index (χ4v) is 2.21. The highest BCUT2D eigenvalue weighted by molar-refractivity contribution is 7.12. The van der Waals surface area contributed by atoms with Crippen molar-refractivity contribution >= 4 is 17.2 Å². The lowest BCUT2D eigenvalue weighted by atomic mass is 10.2. The number of nitrogens with one attached hydrogen (secondary N) is 1. The van der Waals surface area contributed by atoms with Crippen LogP contribution in [-0.2, 0) is 6.61 Å². The van der Waals surface area contributed by atoms with Crippen molar-refractivity contribution < 1.29 is 13.9 Å². The smallest absolute Gasteiger partial charge is 0.264 e. The predicted octanol–water partition coefficient (Wildman–Crippen LogP) is 2.83. The largest absolute Gasteiger partial charge is 0.487 e. The maximum absolute atomic E-state index is 12.7. The second kappa shape index (κ2) is 5.64. The van der Waals surface area contributed by atoms with Crippen LogP contribution < -0.4 is 10.1 Å². The van der Waals surface area contributed by atoms with E-state index < -0.39 is 0 Å². The van der Waals surface area contributed by atoms with Crippen molar-refractivity contribution in [2.75, 3.05) is 7.05 Å². The summed E-state index contributed by atoms with van der Waals surface area (Å²) in [6.45, 7) is 0.307. The minimum Gasteiger partial charge on any atom is -0.487 e. The van der Waals surface area contributed by atoms with Gasteiger partial charge in [0.2, 0.25) is 0 Å². The molecule has 1 heterocycles. The lowest BCUT2D eigenvalue weighted by molar-refractivity contribution is 0.0963. The Morgan fingerprint density at radius 2 is 2.06 bits per heavy atom. The van der Waals surface area contributed by atoms with E-state index in [2.05, 4.69) is 5.32 Å². The first kappa shape index (κ1) is 12.6. The molecule has 0 bridgehead atoms. The van der Waals surface area contributed by atoms with Gasteiger partial charge >= 0.3 is 0 Å². The molecule has 0 aliphatic carbocycles. The van der Waals surface area contributed by atoms with Crippen LogP contribution in [0, 0.1) is 5.82 Å². The van der Waals surface area contributed by atoms with Crippen LogP contribution in [0.25, 0.3) is 0 Å². The van der Waals surface area contributed by atoms with Crippen molar-refractivity contribution in [1.82, 2.24) is 5.32 Å². The van der Waals surface area contributed by atoms with Gasteiger partial charge in [0.25, 0.3) is 5.91 Å². The summed E-state index contributed by atoms with van der Waals surface area (Å²) in [6, 6.07) is 7.82. The van der Waals surface area contributed by atoms with Gasteiger partial charge < -0.3 is 10.1 Å². The molecule has 0 aliphatic rings. The molecule has 94 valence electrons. The topological polar surface area (TPSA) is 38.3 Å². The molecule has 0 aliphatic heterocycles. The van der Waals surface area contributed by atoms with Crippen LogP contribution in [0.2, 0.25) is 0 Å². The third-order valence-corrected chi connectivity index (χ3v) is 3.26. The van der Waals surface area contributed by atoms with E-state index >= 15 is 0 Å². The van der Waals surface area contributed by atoms with E-state index in [1.54, 1.807) is 30.6 Å². The van der Waals surface area contributed by atoms with Crippen LogP contribution in [0.15, 0.2) is 35.7 Å². The molecule has 2 rings (SSSR count). The second-order valence-corrected chi connectivity index (χ2v) is 4.52. The standard InChI is InChI=1S/C13H12FNO2S/c1-15-13(16)12-11(6-7-18-12)17-8-9-2-4-10(14)5-3-9/h2-7H,8H2,1H3,(H,15,16). The number of carbonyl (C=O) groups excluding carboxylic acids is 1. The quantitative estimate of drug-likeness (QED) is 0.923. The minimum absolute atomic E-state index is 0.167. The van der Waals surface area contributed by atoms with Crippen molar-refractivity contribution in [2.45, 2.75) is 6.61 Å². The zero-order chi connectivity index (χ0) is 13.0. The van der Waals surface area contributed by atoms with Gasteiger partial charge in [0.1, 0.15) is 23.1 Å². The number of carbonyl (C=O) groups is 1. The number of ether oxygens (including phenoxy) is 1. The highest BCUT2D eigenvalue weighted by atomic mass is 32.1. The second-order valence-electron chi connectivity index (χ2n) is 3.61. The molecule has 1 aromatic carbocycles. The van der Waals surface area contributed by atoms with Crippen molar-refractivity contribution in [3.63, 3.8) is 0 Å². The van der Waals surface area contributed by atoms with Crippen LogP contribution in [0.3, 0.4) is 0 Å². The normalized spacial score (nSPS) is 10.1. The average Bonchev–Trinajstić information content (AvgIpc) is 2.85. The number of rotatable bonds is 4. The summed E-state index contributed by atoms with van der Waals surface area (Å²) >= 11 is 1.32. The van der Waals surface area contributed by atoms with E-state index in [0.717, 1.165) is 5.56 Å².